The van der Waals surface area contributed by atoms with Gasteiger partial charge in [-0.2, -0.15) is 0 Å². The summed E-state index contributed by atoms with van der Waals surface area (Å²) in [6.45, 7) is 0.670. The van der Waals surface area contributed by atoms with Crippen LogP contribution in [0.15, 0.2) is 64.4 Å². The van der Waals surface area contributed by atoms with E-state index in [1.807, 2.05) is 0 Å². The highest BCUT2D eigenvalue weighted by Crippen LogP contribution is 2.35. The summed E-state index contributed by atoms with van der Waals surface area (Å²) in [4.78, 5) is 22.7. The monoisotopic (exact) mass is 369 g/mol. The molecular weight excluding hydrogens is 353 g/mol. The molecule has 3 aromatic rings. The third-order valence-corrected chi connectivity index (χ3v) is 5.19. The van der Waals surface area contributed by atoms with Crippen molar-refractivity contribution in [3.05, 3.63) is 77.8 Å². The normalized spacial score (nSPS) is 16.3. The van der Waals surface area contributed by atoms with Crippen molar-refractivity contribution in [3.63, 3.8) is 0 Å². The molecule has 7 heteroatoms. The molecule has 1 aliphatic rings. The van der Waals surface area contributed by atoms with Gasteiger partial charge < -0.3 is 9.32 Å². The summed E-state index contributed by atoms with van der Waals surface area (Å²) < 4.78 is 18.8. The van der Waals surface area contributed by atoms with Crippen molar-refractivity contribution in [1.29, 1.82) is 0 Å². The third kappa shape index (κ3) is 3.48. The van der Waals surface area contributed by atoms with Crippen LogP contribution in [0.25, 0.3) is 0 Å². The molecule has 132 valence electrons. The number of likely N-dealkylation sites (tertiary alicyclic amines) is 1. The van der Waals surface area contributed by atoms with E-state index in [4.69, 9.17) is 4.42 Å². The standard InChI is InChI=1S/C19H16FN3O2S/c20-14-4-2-13(3-5-14)16-8-11-23(16)18(24)17-7-6-15(25-17)12-26-19-21-9-1-10-22-19/h1-7,9-10,16H,8,11-12H2/t16-/m1/s1. The fourth-order valence-electron chi connectivity index (χ4n) is 2.87. The van der Waals surface area contributed by atoms with Crippen molar-refractivity contribution in [1.82, 2.24) is 14.9 Å². The van der Waals surface area contributed by atoms with Crippen LogP contribution in [0.5, 0.6) is 0 Å². The van der Waals surface area contributed by atoms with Gasteiger partial charge in [0.25, 0.3) is 5.91 Å². The predicted octanol–water partition coefficient (Wildman–Crippen LogP) is 4.09. The van der Waals surface area contributed by atoms with Crippen molar-refractivity contribution in [2.45, 2.75) is 23.4 Å². The van der Waals surface area contributed by atoms with Gasteiger partial charge in [-0.25, -0.2) is 14.4 Å². The Balaban J connectivity index is 1.40. The second kappa shape index (κ2) is 7.29. The van der Waals surface area contributed by atoms with E-state index in [0.29, 0.717) is 29.0 Å². The molecule has 1 aromatic carbocycles. The largest absolute Gasteiger partial charge is 0.455 e. The van der Waals surface area contributed by atoms with Crippen LogP contribution in [-0.2, 0) is 5.75 Å². The lowest BCUT2D eigenvalue weighted by atomic mass is 9.94. The second-order valence-electron chi connectivity index (χ2n) is 5.94. The van der Waals surface area contributed by atoms with Crippen LogP contribution in [0.1, 0.15) is 34.3 Å². The van der Waals surface area contributed by atoms with Crippen LogP contribution in [0, 0.1) is 5.82 Å². The Kier molecular flexibility index (Phi) is 4.71. The number of halogens is 1. The number of nitrogens with zero attached hydrogens (tertiary/aromatic N) is 3. The van der Waals surface area contributed by atoms with Crippen molar-refractivity contribution in [2.75, 3.05) is 6.54 Å². The Morgan fingerprint density at radius 2 is 1.96 bits per heavy atom. The first-order chi connectivity index (χ1) is 12.7. The summed E-state index contributed by atoms with van der Waals surface area (Å²) in [7, 11) is 0. The van der Waals surface area contributed by atoms with Gasteiger partial charge in [-0.15, -0.1) is 0 Å². The number of aromatic nitrogens is 2. The predicted molar refractivity (Wildman–Crippen MR) is 95.1 cm³/mol. The molecular formula is C19H16FN3O2S. The van der Waals surface area contributed by atoms with Crippen LogP contribution in [0.3, 0.4) is 0 Å². The first-order valence-corrected chi connectivity index (χ1v) is 9.24. The maximum Gasteiger partial charge on any atom is 0.290 e. The van der Waals surface area contributed by atoms with Crippen LogP contribution in [0.2, 0.25) is 0 Å². The van der Waals surface area contributed by atoms with Crippen LogP contribution < -0.4 is 0 Å². The molecule has 4 rings (SSSR count). The van der Waals surface area contributed by atoms with E-state index in [9.17, 15) is 9.18 Å². The molecule has 1 fully saturated rings. The number of hydrogen-bond donors (Lipinski definition) is 0. The van der Waals surface area contributed by atoms with Gasteiger partial charge >= 0.3 is 0 Å². The smallest absolute Gasteiger partial charge is 0.290 e. The summed E-state index contributed by atoms with van der Waals surface area (Å²) in [6.07, 6.45) is 4.24. The molecule has 3 heterocycles. The minimum Gasteiger partial charge on any atom is -0.455 e. The molecule has 0 radical (unpaired) electrons. The zero-order valence-electron chi connectivity index (χ0n) is 13.8. The fraction of sp³-hybridized carbons (Fsp3) is 0.211. The highest BCUT2D eigenvalue weighted by atomic mass is 32.2. The zero-order chi connectivity index (χ0) is 17.9. The average molecular weight is 369 g/mol. The van der Waals surface area contributed by atoms with E-state index in [1.165, 1.54) is 23.9 Å². The Labute approximate surface area is 154 Å². The maximum atomic E-state index is 13.1. The molecule has 1 amide bonds. The first-order valence-electron chi connectivity index (χ1n) is 8.25. The summed E-state index contributed by atoms with van der Waals surface area (Å²) in [6, 6.07) is 11.5. The van der Waals surface area contributed by atoms with E-state index >= 15 is 0 Å². The van der Waals surface area contributed by atoms with Gasteiger partial charge in [-0.3, -0.25) is 4.79 Å². The van der Waals surface area contributed by atoms with Crippen LogP contribution in [0.4, 0.5) is 4.39 Å². The number of hydrogen-bond acceptors (Lipinski definition) is 5. The van der Waals surface area contributed by atoms with Gasteiger partial charge in [0.15, 0.2) is 10.9 Å². The summed E-state index contributed by atoms with van der Waals surface area (Å²) in [5.41, 5.74) is 0.939. The maximum absolute atomic E-state index is 13.1. The van der Waals surface area contributed by atoms with Crippen LogP contribution >= 0.6 is 11.8 Å². The lowest BCUT2D eigenvalue weighted by molar-refractivity contribution is 0.0426. The molecule has 1 saturated heterocycles. The number of benzene rings is 1. The van der Waals surface area contributed by atoms with Crippen molar-refractivity contribution >= 4 is 17.7 Å². The first kappa shape index (κ1) is 16.8. The lowest BCUT2D eigenvalue weighted by Gasteiger charge is -2.40. The average Bonchev–Trinajstić information content (AvgIpc) is 3.11. The van der Waals surface area contributed by atoms with Gasteiger partial charge in [0, 0.05) is 18.9 Å². The van der Waals surface area contributed by atoms with E-state index in [1.54, 1.807) is 47.6 Å². The Hall–Kier alpha value is -2.67. The number of furan rings is 1. The fourth-order valence-corrected chi connectivity index (χ4v) is 3.57. The minimum atomic E-state index is -0.276. The van der Waals surface area contributed by atoms with E-state index < -0.39 is 0 Å². The highest BCUT2D eigenvalue weighted by molar-refractivity contribution is 7.98. The molecule has 5 nitrogen and oxygen atoms in total. The molecule has 0 bridgehead atoms. The lowest BCUT2D eigenvalue weighted by Crippen LogP contribution is -2.45. The summed E-state index contributed by atoms with van der Waals surface area (Å²) in [5.74, 6) is 1.16. The molecule has 0 saturated carbocycles. The molecule has 0 aliphatic carbocycles. The second-order valence-corrected chi connectivity index (χ2v) is 6.88. The minimum absolute atomic E-state index is 0.0243. The SMILES string of the molecule is O=C(c1ccc(CSc2ncccn2)o1)N1CC[C@@H]1c1ccc(F)cc1. The summed E-state index contributed by atoms with van der Waals surface area (Å²) >= 11 is 1.45. The van der Waals surface area contributed by atoms with Crippen LogP contribution in [-0.4, -0.2) is 27.3 Å². The van der Waals surface area contributed by atoms with Gasteiger partial charge in [0.05, 0.1) is 11.8 Å². The molecule has 1 aliphatic heterocycles. The Morgan fingerprint density at radius 3 is 2.65 bits per heavy atom. The molecule has 0 unspecified atom stereocenters. The van der Waals surface area contributed by atoms with E-state index in [-0.39, 0.29) is 17.8 Å². The molecule has 1 atom stereocenters. The number of carbonyl (C=O) groups excluding carboxylic acids is 1. The number of rotatable bonds is 5. The quantitative estimate of drug-likeness (QED) is 0.501. The van der Waals surface area contributed by atoms with Gasteiger partial charge in [-0.05, 0) is 42.3 Å². The van der Waals surface area contributed by atoms with Gasteiger partial charge in [-0.1, -0.05) is 23.9 Å². The van der Waals surface area contributed by atoms with Gasteiger partial charge in [0.2, 0.25) is 0 Å². The Morgan fingerprint density at radius 1 is 1.19 bits per heavy atom. The van der Waals surface area contributed by atoms with Crippen molar-refractivity contribution in [3.8, 4) is 0 Å². The number of amides is 1. The number of carbonyl (C=O) groups is 1. The zero-order valence-corrected chi connectivity index (χ0v) is 14.7. The molecule has 0 spiro atoms. The highest BCUT2D eigenvalue weighted by Gasteiger charge is 2.35. The third-order valence-electron chi connectivity index (χ3n) is 4.29. The topological polar surface area (TPSA) is 59.2 Å². The van der Waals surface area contributed by atoms with Crippen molar-refractivity contribution < 1.29 is 13.6 Å². The van der Waals surface area contributed by atoms with E-state index in [0.717, 1.165) is 12.0 Å². The molecule has 0 N–H and O–H groups in total. The van der Waals surface area contributed by atoms with Gasteiger partial charge in [0.1, 0.15) is 11.6 Å². The molecule has 2 aromatic heterocycles. The Bertz CT molecular complexity index is 899. The van der Waals surface area contributed by atoms with E-state index in [2.05, 4.69) is 9.97 Å². The number of thioether (sulfide) groups is 1. The summed E-state index contributed by atoms with van der Waals surface area (Å²) in [5, 5.41) is 0.663. The van der Waals surface area contributed by atoms with Crippen molar-refractivity contribution in [2.24, 2.45) is 0 Å². The molecule has 26 heavy (non-hydrogen) atoms.